The van der Waals surface area contributed by atoms with Gasteiger partial charge in [0.15, 0.2) is 0 Å². The molecule has 3 N–H and O–H groups in total. The largest absolute Gasteiger partial charge is 0.371 e. The molecule has 0 atom stereocenters. The van der Waals surface area contributed by atoms with Gasteiger partial charge in [0.2, 0.25) is 5.91 Å². The molecule has 2 aliphatic rings. The van der Waals surface area contributed by atoms with Crippen LogP contribution in [0.2, 0.25) is 0 Å². The Hall–Kier alpha value is -0.970. The maximum absolute atomic E-state index is 12.6. The van der Waals surface area contributed by atoms with Gasteiger partial charge in [-0.2, -0.15) is 0 Å². The van der Waals surface area contributed by atoms with Crippen LogP contribution in [0, 0.1) is 5.92 Å². The molecule has 25 heavy (non-hydrogen) atoms. The van der Waals surface area contributed by atoms with Crippen molar-refractivity contribution in [2.24, 2.45) is 11.7 Å². The first kappa shape index (κ1) is 22.1. The van der Waals surface area contributed by atoms with Crippen LogP contribution < -0.4 is 16.0 Å². The van der Waals surface area contributed by atoms with Crippen molar-refractivity contribution >= 4 is 42.1 Å². The van der Waals surface area contributed by atoms with Crippen LogP contribution in [0.5, 0.6) is 0 Å². The highest BCUT2D eigenvalue weighted by Gasteiger charge is 2.35. The van der Waals surface area contributed by atoms with Crippen molar-refractivity contribution in [3.63, 3.8) is 0 Å². The summed E-state index contributed by atoms with van der Waals surface area (Å²) >= 11 is 0. The average Bonchev–Trinajstić information content (AvgIpc) is 2.56. The normalized spacial score (nSPS) is 20.2. The number of anilines is 2. The summed E-state index contributed by atoms with van der Waals surface area (Å²) in [5.41, 5.74) is 7.70. The van der Waals surface area contributed by atoms with Gasteiger partial charge in [-0.1, -0.05) is 32.3 Å². The standard InChI is InChI=1S/C19H29N3O.2ClH/c1-15-8-12-22(13-9-15)17-7-5-6-16(14-17)21-18(23)19(20)10-3-2-4-11-19;;/h5-7,14-15H,2-4,8-13,20H2,1H3,(H,21,23);2*1H. The van der Waals surface area contributed by atoms with Crippen molar-refractivity contribution in [1.82, 2.24) is 0 Å². The van der Waals surface area contributed by atoms with E-state index in [1.54, 1.807) is 0 Å². The highest BCUT2D eigenvalue weighted by atomic mass is 35.5. The molecular formula is C19H31Cl2N3O. The Labute approximate surface area is 163 Å². The van der Waals surface area contributed by atoms with Gasteiger partial charge in [-0.25, -0.2) is 0 Å². The van der Waals surface area contributed by atoms with Crippen molar-refractivity contribution in [2.75, 3.05) is 23.3 Å². The summed E-state index contributed by atoms with van der Waals surface area (Å²) in [6.07, 6.45) is 7.36. The number of carbonyl (C=O) groups is 1. The lowest BCUT2D eigenvalue weighted by atomic mass is 9.82. The number of hydrogen-bond acceptors (Lipinski definition) is 3. The van der Waals surface area contributed by atoms with Gasteiger partial charge in [0.25, 0.3) is 0 Å². The lowest BCUT2D eigenvalue weighted by molar-refractivity contribution is -0.122. The van der Waals surface area contributed by atoms with Gasteiger partial charge in [-0.3, -0.25) is 4.79 Å². The zero-order chi connectivity index (χ0) is 16.3. The number of piperidine rings is 1. The summed E-state index contributed by atoms with van der Waals surface area (Å²) in [6.45, 7) is 4.51. The van der Waals surface area contributed by atoms with E-state index >= 15 is 0 Å². The fraction of sp³-hybridized carbons (Fsp3) is 0.632. The lowest BCUT2D eigenvalue weighted by Gasteiger charge is -2.33. The number of rotatable bonds is 3. The summed E-state index contributed by atoms with van der Waals surface area (Å²) in [6, 6.07) is 8.19. The van der Waals surface area contributed by atoms with E-state index in [4.69, 9.17) is 5.73 Å². The van der Waals surface area contributed by atoms with E-state index in [9.17, 15) is 4.79 Å². The molecule has 3 rings (SSSR count). The van der Waals surface area contributed by atoms with Crippen LogP contribution in [-0.2, 0) is 4.79 Å². The van der Waals surface area contributed by atoms with Crippen LogP contribution in [0.3, 0.4) is 0 Å². The minimum absolute atomic E-state index is 0. The topological polar surface area (TPSA) is 58.4 Å². The van der Waals surface area contributed by atoms with Crippen LogP contribution in [0.1, 0.15) is 51.9 Å². The smallest absolute Gasteiger partial charge is 0.244 e. The minimum Gasteiger partial charge on any atom is -0.371 e. The molecule has 1 aromatic carbocycles. The Bertz CT molecular complexity index is 553. The van der Waals surface area contributed by atoms with Gasteiger partial charge in [0.1, 0.15) is 0 Å². The first-order chi connectivity index (χ1) is 11.1. The Kier molecular flexibility index (Phi) is 8.52. The highest BCUT2D eigenvalue weighted by Crippen LogP contribution is 2.29. The molecule has 4 nitrogen and oxygen atoms in total. The maximum Gasteiger partial charge on any atom is 0.244 e. The van der Waals surface area contributed by atoms with Gasteiger partial charge in [-0.15, -0.1) is 24.8 Å². The van der Waals surface area contributed by atoms with Crippen molar-refractivity contribution < 1.29 is 4.79 Å². The van der Waals surface area contributed by atoms with Gasteiger partial charge in [0.05, 0.1) is 5.54 Å². The van der Waals surface area contributed by atoms with Crippen LogP contribution in [0.4, 0.5) is 11.4 Å². The number of nitrogens with two attached hydrogens (primary N) is 1. The summed E-state index contributed by atoms with van der Waals surface area (Å²) < 4.78 is 0. The second-order valence-electron chi connectivity index (χ2n) is 7.39. The molecule has 1 aromatic rings. The molecule has 0 spiro atoms. The Balaban J connectivity index is 0.00000156. The third-order valence-corrected chi connectivity index (χ3v) is 5.45. The number of nitrogens with one attached hydrogen (secondary N) is 1. The highest BCUT2D eigenvalue weighted by molar-refractivity contribution is 5.98. The number of nitrogens with zero attached hydrogens (tertiary/aromatic N) is 1. The van der Waals surface area contributed by atoms with E-state index in [2.05, 4.69) is 29.3 Å². The first-order valence-electron chi connectivity index (χ1n) is 9.02. The zero-order valence-corrected chi connectivity index (χ0v) is 16.6. The minimum atomic E-state index is -0.686. The van der Waals surface area contributed by atoms with Crippen molar-refractivity contribution in [1.29, 1.82) is 0 Å². The fourth-order valence-corrected chi connectivity index (χ4v) is 3.71. The molecule has 0 aromatic heterocycles. The van der Waals surface area contributed by atoms with Gasteiger partial charge >= 0.3 is 0 Å². The molecule has 142 valence electrons. The molecular weight excluding hydrogens is 357 g/mol. The second kappa shape index (κ2) is 9.65. The summed E-state index contributed by atoms with van der Waals surface area (Å²) in [5, 5.41) is 3.05. The van der Waals surface area contributed by atoms with E-state index in [-0.39, 0.29) is 30.7 Å². The molecule has 1 aliphatic heterocycles. The Morgan fingerprint density at radius 2 is 1.80 bits per heavy atom. The number of halogens is 2. The average molecular weight is 388 g/mol. The van der Waals surface area contributed by atoms with Crippen LogP contribution in [0.15, 0.2) is 24.3 Å². The maximum atomic E-state index is 12.6. The molecule has 1 heterocycles. The Morgan fingerprint density at radius 3 is 2.44 bits per heavy atom. The molecule has 6 heteroatoms. The summed E-state index contributed by atoms with van der Waals surface area (Å²) in [7, 11) is 0. The molecule has 2 fully saturated rings. The zero-order valence-electron chi connectivity index (χ0n) is 15.0. The van der Waals surface area contributed by atoms with Crippen molar-refractivity contribution in [3.8, 4) is 0 Å². The monoisotopic (exact) mass is 387 g/mol. The van der Waals surface area contributed by atoms with Crippen molar-refractivity contribution in [2.45, 2.75) is 57.4 Å². The predicted molar refractivity (Wildman–Crippen MR) is 110 cm³/mol. The fourth-order valence-electron chi connectivity index (χ4n) is 3.71. The van der Waals surface area contributed by atoms with Crippen molar-refractivity contribution in [3.05, 3.63) is 24.3 Å². The van der Waals surface area contributed by atoms with Gasteiger partial charge in [-0.05, 0) is 49.8 Å². The molecule has 1 amide bonds. The number of benzene rings is 1. The van der Waals surface area contributed by atoms with E-state index < -0.39 is 5.54 Å². The summed E-state index contributed by atoms with van der Waals surface area (Å²) in [5.74, 6) is 0.791. The molecule has 1 saturated heterocycles. The quantitative estimate of drug-likeness (QED) is 0.809. The Morgan fingerprint density at radius 1 is 1.16 bits per heavy atom. The first-order valence-corrected chi connectivity index (χ1v) is 9.02. The molecule has 0 radical (unpaired) electrons. The van der Waals surface area contributed by atoms with E-state index in [0.717, 1.165) is 50.4 Å². The van der Waals surface area contributed by atoms with E-state index in [1.165, 1.54) is 24.9 Å². The van der Waals surface area contributed by atoms with E-state index in [0.29, 0.717) is 0 Å². The molecule has 1 aliphatic carbocycles. The number of carbonyl (C=O) groups excluding carboxylic acids is 1. The predicted octanol–water partition coefficient (Wildman–Crippen LogP) is 4.37. The lowest BCUT2D eigenvalue weighted by Crippen LogP contribution is -2.52. The number of amides is 1. The third kappa shape index (κ3) is 5.50. The van der Waals surface area contributed by atoms with Crippen LogP contribution >= 0.6 is 24.8 Å². The molecule has 0 bridgehead atoms. The SMILES string of the molecule is CC1CCN(c2cccc(NC(=O)C3(N)CCCCC3)c2)CC1.Cl.Cl. The van der Waals surface area contributed by atoms with Crippen LogP contribution in [-0.4, -0.2) is 24.5 Å². The number of hydrogen-bond donors (Lipinski definition) is 2. The summed E-state index contributed by atoms with van der Waals surface area (Å²) in [4.78, 5) is 15.0. The second-order valence-corrected chi connectivity index (χ2v) is 7.39. The molecule has 1 saturated carbocycles. The molecule has 0 unspecified atom stereocenters. The van der Waals surface area contributed by atoms with Crippen LogP contribution in [0.25, 0.3) is 0 Å². The van der Waals surface area contributed by atoms with Gasteiger partial charge in [0, 0.05) is 24.5 Å². The third-order valence-electron chi connectivity index (χ3n) is 5.45. The van der Waals surface area contributed by atoms with Gasteiger partial charge < -0.3 is 16.0 Å². The van der Waals surface area contributed by atoms with E-state index in [1.807, 2.05) is 12.1 Å².